The zero-order valence-electron chi connectivity index (χ0n) is 13.8. The topological polar surface area (TPSA) is 35.5 Å². The van der Waals surface area contributed by atoms with Crippen LogP contribution in [0, 0.1) is 5.82 Å². The van der Waals surface area contributed by atoms with Gasteiger partial charge in [-0.05, 0) is 43.3 Å². The summed E-state index contributed by atoms with van der Waals surface area (Å²) in [4.78, 5) is 2.16. The second kappa shape index (κ2) is 5.95. The number of benzene rings is 2. The van der Waals surface area contributed by atoms with Crippen molar-refractivity contribution >= 4 is 5.69 Å². The normalized spacial score (nSPS) is 20.9. The number of para-hydroxylation sites is 1. The Kier molecular flexibility index (Phi) is 4.13. The van der Waals surface area contributed by atoms with Gasteiger partial charge < -0.3 is 10.0 Å². The van der Waals surface area contributed by atoms with Crippen LogP contribution in [0.3, 0.4) is 0 Å². The highest BCUT2D eigenvalue weighted by atomic mass is 19.1. The minimum absolute atomic E-state index is 0.302. The van der Waals surface area contributed by atoms with Crippen molar-refractivity contribution in [3.8, 4) is 0 Å². The molecule has 0 spiro atoms. The molecule has 0 radical (unpaired) electrons. The van der Waals surface area contributed by atoms with E-state index in [1.54, 1.807) is 13.0 Å². The van der Waals surface area contributed by atoms with E-state index in [4.69, 9.17) is 0 Å². The molecule has 0 saturated carbocycles. The average molecular weight is 314 g/mol. The van der Waals surface area contributed by atoms with Crippen LogP contribution in [0.15, 0.2) is 48.5 Å². The van der Waals surface area contributed by atoms with Crippen LogP contribution in [0.2, 0.25) is 0 Å². The van der Waals surface area contributed by atoms with Crippen molar-refractivity contribution in [1.29, 1.82) is 0 Å². The number of nitrogens with zero attached hydrogens (tertiary/aromatic N) is 1. The Hall–Kier alpha value is -1.91. The predicted octanol–water partition coefficient (Wildman–Crippen LogP) is 3.20. The van der Waals surface area contributed by atoms with Crippen LogP contribution in [-0.2, 0) is 5.66 Å². The molecule has 2 aromatic rings. The highest BCUT2D eigenvalue weighted by molar-refractivity contribution is 5.63. The third kappa shape index (κ3) is 2.42. The summed E-state index contributed by atoms with van der Waals surface area (Å²) in [6, 6.07) is 14.7. The van der Waals surface area contributed by atoms with Crippen LogP contribution >= 0.6 is 0 Å². The molecule has 4 heteroatoms. The van der Waals surface area contributed by atoms with Gasteiger partial charge in [-0.1, -0.05) is 37.3 Å². The molecule has 3 nitrogen and oxygen atoms in total. The molecule has 3 rings (SSSR count). The van der Waals surface area contributed by atoms with Crippen LogP contribution in [0.5, 0.6) is 0 Å². The maximum atomic E-state index is 13.8. The minimum Gasteiger partial charge on any atom is -0.389 e. The molecular weight excluding hydrogens is 291 g/mol. The number of hydrogen-bond donors (Lipinski definition) is 2. The first kappa shape index (κ1) is 16.0. The van der Waals surface area contributed by atoms with E-state index < -0.39 is 11.8 Å². The Morgan fingerprint density at radius 3 is 2.65 bits per heavy atom. The maximum Gasteiger partial charge on any atom is 0.143 e. The summed E-state index contributed by atoms with van der Waals surface area (Å²) >= 11 is 0. The lowest BCUT2D eigenvalue weighted by molar-refractivity contribution is 0.0746. The Morgan fingerprint density at radius 1 is 1.26 bits per heavy atom. The molecular formula is C19H23FN2O. The van der Waals surface area contributed by atoms with E-state index in [9.17, 15) is 9.50 Å². The standard InChI is InChI=1S/C19H23FN2O/c1-13-12-22(18-10-5-4-9-17(13)18)19(21-3,14(2)23)15-7-6-8-16(20)11-15/h4-11,13-14,21,23H,12H2,1-3H3. The van der Waals surface area contributed by atoms with Crippen molar-refractivity contribution < 1.29 is 9.50 Å². The number of aliphatic hydroxyl groups excluding tert-OH is 1. The van der Waals surface area contributed by atoms with Crippen LogP contribution in [-0.4, -0.2) is 24.8 Å². The number of halogens is 1. The molecule has 0 saturated heterocycles. The van der Waals surface area contributed by atoms with Crippen molar-refractivity contribution in [2.24, 2.45) is 0 Å². The number of nitrogens with one attached hydrogen (secondary N) is 1. The second-order valence-corrected chi connectivity index (χ2v) is 6.27. The average Bonchev–Trinajstić information content (AvgIpc) is 2.87. The van der Waals surface area contributed by atoms with Crippen LogP contribution in [0.25, 0.3) is 0 Å². The monoisotopic (exact) mass is 314 g/mol. The third-order valence-electron chi connectivity index (χ3n) is 4.89. The van der Waals surface area contributed by atoms with Crippen molar-refractivity contribution in [3.63, 3.8) is 0 Å². The fraction of sp³-hybridized carbons (Fsp3) is 0.368. The molecule has 3 atom stereocenters. The van der Waals surface area contributed by atoms with E-state index in [1.165, 1.54) is 17.7 Å². The third-order valence-corrected chi connectivity index (χ3v) is 4.89. The van der Waals surface area contributed by atoms with Crippen molar-refractivity contribution in [3.05, 3.63) is 65.5 Å². The first-order chi connectivity index (χ1) is 11.0. The Labute approximate surface area is 136 Å². The molecule has 2 aromatic carbocycles. The minimum atomic E-state index is -0.872. The van der Waals surface area contributed by atoms with Crippen molar-refractivity contribution in [2.45, 2.75) is 31.5 Å². The number of fused-ring (bicyclic) bond motifs is 1. The molecule has 0 bridgehead atoms. The SMILES string of the molecule is CNC(c1cccc(F)c1)(C(C)O)N1CC(C)c2ccccc21. The molecule has 0 aromatic heterocycles. The van der Waals surface area contributed by atoms with Gasteiger partial charge in [-0.3, -0.25) is 5.32 Å². The van der Waals surface area contributed by atoms with E-state index >= 15 is 0 Å². The highest BCUT2D eigenvalue weighted by Crippen LogP contribution is 2.43. The Bertz CT molecular complexity index is 703. The quantitative estimate of drug-likeness (QED) is 0.910. The van der Waals surface area contributed by atoms with Gasteiger partial charge in [0.1, 0.15) is 11.5 Å². The molecule has 0 aliphatic carbocycles. The molecule has 23 heavy (non-hydrogen) atoms. The molecule has 1 aliphatic rings. The summed E-state index contributed by atoms with van der Waals surface area (Å²) in [7, 11) is 1.81. The molecule has 3 unspecified atom stereocenters. The van der Waals surface area contributed by atoms with Gasteiger partial charge in [-0.25, -0.2) is 4.39 Å². The van der Waals surface area contributed by atoms with Gasteiger partial charge in [0.05, 0.1) is 6.10 Å². The summed E-state index contributed by atoms with van der Waals surface area (Å²) in [5.41, 5.74) is 2.19. The first-order valence-corrected chi connectivity index (χ1v) is 8.00. The van der Waals surface area contributed by atoms with Crippen LogP contribution < -0.4 is 10.2 Å². The van der Waals surface area contributed by atoms with Gasteiger partial charge in [-0.2, -0.15) is 0 Å². The molecule has 1 aliphatic heterocycles. The highest BCUT2D eigenvalue weighted by Gasteiger charge is 2.46. The van der Waals surface area contributed by atoms with Crippen molar-refractivity contribution in [1.82, 2.24) is 5.32 Å². The lowest BCUT2D eigenvalue weighted by Gasteiger charge is -2.46. The summed E-state index contributed by atoms with van der Waals surface area (Å²) in [5.74, 6) is 0.0505. The predicted molar refractivity (Wildman–Crippen MR) is 91.0 cm³/mol. The number of likely N-dealkylation sites (N-methyl/N-ethyl adjacent to an activating group) is 1. The van der Waals surface area contributed by atoms with E-state index in [2.05, 4.69) is 29.3 Å². The lowest BCUT2D eigenvalue weighted by atomic mass is 9.91. The zero-order chi connectivity index (χ0) is 16.6. The number of anilines is 1. The van der Waals surface area contributed by atoms with Gasteiger partial charge in [0.25, 0.3) is 0 Å². The summed E-state index contributed by atoms with van der Waals surface area (Å²) in [6.07, 6.45) is -0.729. The van der Waals surface area contributed by atoms with Crippen LogP contribution in [0.4, 0.5) is 10.1 Å². The van der Waals surface area contributed by atoms with Gasteiger partial charge >= 0.3 is 0 Å². The Morgan fingerprint density at radius 2 is 2.00 bits per heavy atom. The van der Waals surface area contributed by atoms with Gasteiger partial charge in [0, 0.05) is 18.2 Å². The molecule has 0 amide bonds. The van der Waals surface area contributed by atoms with Crippen molar-refractivity contribution in [2.75, 3.05) is 18.5 Å². The smallest absolute Gasteiger partial charge is 0.143 e. The summed E-state index contributed by atoms with van der Waals surface area (Å²) < 4.78 is 13.8. The Balaban J connectivity index is 2.18. The number of hydrogen-bond acceptors (Lipinski definition) is 3. The fourth-order valence-electron chi connectivity index (χ4n) is 3.79. The summed E-state index contributed by atoms with van der Waals surface area (Å²) in [6.45, 7) is 4.68. The fourth-order valence-corrected chi connectivity index (χ4v) is 3.79. The molecule has 0 fully saturated rings. The van der Waals surface area contributed by atoms with E-state index in [1.807, 2.05) is 25.2 Å². The van der Waals surface area contributed by atoms with E-state index in [0.717, 1.165) is 17.8 Å². The lowest BCUT2D eigenvalue weighted by Crippen LogP contribution is -2.61. The first-order valence-electron chi connectivity index (χ1n) is 8.00. The van der Waals surface area contributed by atoms with Gasteiger partial charge in [0.15, 0.2) is 0 Å². The van der Waals surface area contributed by atoms with E-state index in [-0.39, 0.29) is 5.82 Å². The largest absolute Gasteiger partial charge is 0.389 e. The zero-order valence-corrected chi connectivity index (χ0v) is 13.8. The maximum absolute atomic E-state index is 13.8. The van der Waals surface area contributed by atoms with Crippen LogP contribution in [0.1, 0.15) is 30.9 Å². The number of aliphatic hydroxyl groups is 1. The molecule has 122 valence electrons. The van der Waals surface area contributed by atoms with Gasteiger partial charge in [0.2, 0.25) is 0 Å². The second-order valence-electron chi connectivity index (χ2n) is 6.27. The number of rotatable bonds is 4. The molecule has 1 heterocycles. The summed E-state index contributed by atoms with van der Waals surface area (Å²) in [5, 5.41) is 13.9. The molecule has 2 N–H and O–H groups in total. The van der Waals surface area contributed by atoms with Gasteiger partial charge in [-0.15, -0.1) is 0 Å². The van der Waals surface area contributed by atoms with E-state index in [0.29, 0.717) is 5.92 Å².